The third kappa shape index (κ3) is 5.37. The molecule has 2 saturated heterocycles. The minimum absolute atomic E-state index is 0.0771. The van der Waals surface area contributed by atoms with Gasteiger partial charge in [0, 0.05) is 32.2 Å². The van der Waals surface area contributed by atoms with E-state index in [-0.39, 0.29) is 18.0 Å². The van der Waals surface area contributed by atoms with Gasteiger partial charge in [-0.15, -0.1) is 0 Å². The van der Waals surface area contributed by atoms with Gasteiger partial charge in [-0.25, -0.2) is 4.79 Å². The fourth-order valence-electron chi connectivity index (χ4n) is 3.88. The molecule has 132 valence electrons. The number of carboxylic acid groups (broad SMARTS) is 1. The molecule has 2 N–H and O–H groups in total. The van der Waals surface area contributed by atoms with Crippen molar-refractivity contribution < 1.29 is 14.7 Å². The Morgan fingerprint density at radius 3 is 2.61 bits per heavy atom. The summed E-state index contributed by atoms with van der Waals surface area (Å²) in [6, 6.07) is -0.0475. The van der Waals surface area contributed by atoms with Crippen LogP contribution < -0.4 is 5.32 Å². The summed E-state index contributed by atoms with van der Waals surface area (Å²) in [7, 11) is 0. The quantitative estimate of drug-likeness (QED) is 0.827. The number of amides is 2. The summed E-state index contributed by atoms with van der Waals surface area (Å²) < 4.78 is 0. The van der Waals surface area contributed by atoms with E-state index in [2.05, 4.69) is 17.1 Å². The minimum atomic E-state index is -0.801. The number of piperidine rings is 2. The summed E-state index contributed by atoms with van der Waals surface area (Å²) in [6.07, 6.45) is 3.17. The molecule has 2 amide bonds. The molecule has 6 nitrogen and oxygen atoms in total. The lowest BCUT2D eigenvalue weighted by Crippen LogP contribution is -2.53. The number of hydrogen-bond donors (Lipinski definition) is 2. The first-order valence-electron chi connectivity index (χ1n) is 8.85. The average molecular weight is 325 g/mol. The summed E-state index contributed by atoms with van der Waals surface area (Å²) >= 11 is 0. The number of nitrogens with one attached hydrogen (secondary N) is 1. The number of hydrogen-bond acceptors (Lipinski definition) is 3. The Hall–Kier alpha value is -1.30. The predicted octanol–water partition coefficient (Wildman–Crippen LogP) is 1.86. The lowest BCUT2D eigenvalue weighted by molar-refractivity contribution is -0.143. The second-order valence-electron chi connectivity index (χ2n) is 7.64. The molecule has 2 heterocycles. The van der Waals surface area contributed by atoms with Gasteiger partial charge in [0.1, 0.15) is 0 Å². The SMILES string of the molecule is CC1CCCN(CC(C)NC(=O)N2CC(C)CC(C(=O)O)C2)C1. The number of likely N-dealkylation sites (tertiary alicyclic amines) is 2. The van der Waals surface area contributed by atoms with E-state index in [9.17, 15) is 14.7 Å². The van der Waals surface area contributed by atoms with Gasteiger partial charge >= 0.3 is 12.0 Å². The number of rotatable bonds is 4. The van der Waals surface area contributed by atoms with Gasteiger partial charge < -0.3 is 20.2 Å². The highest BCUT2D eigenvalue weighted by atomic mass is 16.4. The highest BCUT2D eigenvalue weighted by Crippen LogP contribution is 2.22. The van der Waals surface area contributed by atoms with Crippen molar-refractivity contribution in [3.05, 3.63) is 0 Å². The molecule has 6 heteroatoms. The van der Waals surface area contributed by atoms with Crippen molar-refractivity contribution in [2.45, 2.75) is 46.1 Å². The molecule has 0 aromatic carbocycles. The van der Waals surface area contributed by atoms with Crippen LogP contribution >= 0.6 is 0 Å². The fraction of sp³-hybridized carbons (Fsp3) is 0.882. The van der Waals surface area contributed by atoms with Gasteiger partial charge in [0.05, 0.1) is 5.92 Å². The summed E-state index contributed by atoms with van der Waals surface area (Å²) in [6.45, 7) is 10.3. The molecule has 2 rings (SSSR count). The molecule has 0 saturated carbocycles. The first-order chi connectivity index (χ1) is 10.8. The maximum atomic E-state index is 12.4. The molecule has 0 aliphatic carbocycles. The van der Waals surface area contributed by atoms with E-state index in [1.54, 1.807) is 4.90 Å². The third-order valence-electron chi connectivity index (χ3n) is 4.94. The second kappa shape index (κ2) is 7.99. The Bertz CT molecular complexity index is 429. The lowest BCUT2D eigenvalue weighted by atomic mass is 9.91. The Labute approximate surface area is 139 Å². The van der Waals surface area contributed by atoms with Crippen LogP contribution in [0.3, 0.4) is 0 Å². The normalized spacial score (nSPS) is 30.7. The minimum Gasteiger partial charge on any atom is -0.481 e. The van der Waals surface area contributed by atoms with E-state index >= 15 is 0 Å². The topological polar surface area (TPSA) is 72.9 Å². The van der Waals surface area contributed by atoms with E-state index in [1.807, 2.05) is 13.8 Å². The fourth-order valence-corrected chi connectivity index (χ4v) is 3.88. The van der Waals surface area contributed by atoms with Crippen LogP contribution in [0.15, 0.2) is 0 Å². The number of carboxylic acids is 1. The molecule has 0 radical (unpaired) electrons. The number of nitrogens with zero attached hydrogens (tertiary/aromatic N) is 2. The Kier molecular flexibility index (Phi) is 6.27. The molecule has 4 atom stereocenters. The Morgan fingerprint density at radius 2 is 1.96 bits per heavy atom. The third-order valence-corrected chi connectivity index (χ3v) is 4.94. The van der Waals surface area contributed by atoms with Crippen LogP contribution in [0.25, 0.3) is 0 Å². The average Bonchev–Trinajstić information content (AvgIpc) is 2.46. The molecule has 23 heavy (non-hydrogen) atoms. The number of carbonyl (C=O) groups excluding carboxylic acids is 1. The van der Waals surface area contributed by atoms with Gasteiger partial charge in [-0.3, -0.25) is 4.79 Å². The van der Waals surface area contributed by atoms with Crippen molar-refractivity contribution >= 4 is 12.0 Å². The maximum absolute atomic E-state index is 12.4. The number of aliphatic carboxylic acids is 1. The monoisotopic (exact) mass is 325 g/mol. The molecular weight excluding hydrogens is 294 g/mol. The molecule has 2 fully saturated rings. The Morgan fingerprint density at radius 1 is 1.22 bits per heavy atom. The van der Waals surface area contributed by atoms with E-state index in [4.69, 9.17) is 0 Å². The van der Waals surface area contributed by atoms with Gasteiger partial charge in [0.2, 0.25) is 0 Å². The van der Waals surface area contributed by atoms with Gasteiger partial charge in [-0.1, -0.05) is 13.8 Å². The maximum Gasteiger partial charge on any atom is 0.317 e. The highest BCUT2D eigenvalue weighted by Gasteiger charge is 2.32. The van der Waals surface area contributed by atoms with Gasteiger partial charge in [-0.2, -0.15) is 0 Å². The van der Waals surface area contributed by atoms with Crippen molar-refractivity contribution in [3.63, 3.8) is 0 Å². The number of carbonyl (C=O) groups is 2. The second-order valence-corrected chi connectivity index (χ2v) is 7.64. The predicted molar refractivity (Wildman–Crippen MR) is 89.3 cm³/mol. The first-order valence-corrected chi connectivity index (χ1v) is 8.85. The van der Waals surface area contributed by atoms with Crippen LogP contribution in [0.4, 0.5) is 4.79 Å². The first kappa shape index (κ1) is 18.0. The van der Waals surface area contributed by atoms with Crippen LogP contribution in [0, 0.1) is 17.8 Å². The molecule has 4 unspecified atom stereocenters. The zero-order chi connectivity index (χ0) is 17.0. The number of urea groups is 1. The standard InChI is InChI=1S/C17H31N3O3/c1-12-5-4-6-19(8-12)10-14(3)18-17(23)20-9-13(2)7-15(11-20)16(21)22/h12-15H,4-11H2,1-3H3,(H,18,23)(H,21,22). The lowest BCUT2D eigenvalue weighted by Gasteiger charge is -2.36. The summed E-state index contributed by atoms with van der Waals surface area (Å²) in [5.41, 5.74) is 0. The smallest absolute Gasteiger partial charge is 0.317 e. The molecule has 0 aromatic heterocycles. The summed E-state index contributed by atoms with van der Waals surface area (Å²) in [4.78, 5) is 27.7. The van der Waals surface area contributed by atoms with Crippen LogP contribution in [0.1, 0.15) is 40.0 Å². The summed E-state index contributed by atoms with van der Waals surface area (Å²) in [5.74, 6) is -0.285. The van der Waals surface area contributed by atoms with E-state index in [1.165, 1.54) is 12.8 Å². The van der Waals surface area contributed by atoms with Gasteiger partial charge in [0.15, 0.2) is 0 Å². The van der Waals surface area contributed by atoms with Crippen molar-refractivity contribution in [3.8, 4) is 0 Å². The van der Waals surface area contributed by atoms with Crippen molar-refractivity contribution in [1.29, 1.82) is 0 Å². The summed E-state index contributed by atoms with van der Waals surface area (Å²) in [5, 5.41) is 12.3. The molecule has 0 spiro atoms. The molecule has 0 aromatic rings. The zero-order valence-electron chi connectivity index (χ0n) is 14.6. The highest BCUT2D eigenvalue weighted by molar-refractivity contribution is 5.76. The van der Waals surface area contributed by atoms with Gasteiger partial charge in [0.25, 0.3) is 0 Å². The van der Waals surface area contributed by atoms with E-state index in [0.29, 0.717) is 19.5 Å². The largest absolute Gasteiger partial charge is 0.481 e. The molecule has 0 bridgehead atoms. The van der Waals surface area contributed by atoms with Crippen LogP contribution in [0.5, 0.6) is 0 Å². The Balaban J connectivity index is 1.81. The van der Waals surface area contributed by atoms with Crippen LogP contribution in [-0.2, 0) is 4.79 Å². The van der Waals surface area contributed by atoms with E-state index in [0.717, 1.165) is 25.6 Å². The molecular formula is C17H31N3O3. The van der Waals surface area contributed by atoms with Crippen molar-refractivity contribution in [1.82, 2.24) is 15.1 Å². The van der Waals surface area contributed by atoms with Gasteiger partial charge in [-0.05, 0) is 44.6 Å². The van der Waals surface area contributed by atoms with Crippen LogP contribution in [0.2, 0.25) is 0 Å². The van der Waals surface area contributed by atoms with E-state index < -0.39 is 11.9 Å². The van der Waals surface area contributed by atoms with Crippen molar-refractivity contribution in [2.24, 2.45) is 17.8 Å². The zero-order valence-corrected chi connectivity index (χ0v) is 14.6. The van der Waals surface area contributed by atoms with Crippen molar-refractivity contribution in [2.75, 3.05) is 32.7 Å². The molecule has 2 aliphatic heterocycles. The molecule has 2 aliphatic rings. The van der Waals surface area contributed by atoms with Crippen LogP contribution in [-0.4, -0.2) is 65.7 Å².